The number of fused-ring (bicyclic) bond motifs is 1. The summed E-state index contributed by atoms with van der Waals surface area (Å²) in [5, 5.41) is 37.3. The van der Waals surface area contributed by atoms with Crippen molar-refractivity contribution in [3.8, 4) is 17.2 Å². The van der Waals surface area contributed by atoms with E-state index >= 15 is 0 Å². The van der Waals surface area contributed by atoms with Gasteiger partial charge in [-0.15, -0.1) is 0 Å². The summed E-state index contributed by atoms with van der Waals surface area (Å²) in [6, 6.07) is 0.932. The van der Waals surface area contributed by atoms with E-state index in [9.17, 15) is 24.9 Å². The fraction of sp³-hybridized carbons (Fsp3) is 0.273. The summed E-state index contributed by atoms with van der Waals surface area (Å²) >= 11 is 0. The van der Waals surface area contributed by atoms with E-state index in [1.54, 1.807) is 0 Å². The third kappa shape index (κ3) is 1.52. The Balaban J connectivity index is 2.67. The van der Waals surface area contributed by atoms with Gasteiger partial charge in [0, 0.05) is 11.5 Å². The molecule has 7 nitrogen and oxygen atoms in total. The van der Waals surface area contributed by atoms with Crippen molar-refractivity contribution in [2.75, 3.05) is 0 Å². The first-order valence-corrected chi connectivity index (χ1v) is 5.06. The lowest BCUT2D eigenvalue weighted by Crippen LogP contribution is -2.36. The Hall–Kier alpha value is -2.44. The highest BCUT2D eigenvalue weighted by Crippen LogP contribution is 2.46. The van der Waals surface area contributed by atoms with Gasteiger partial charge < -0.3 is 25.2 Å². The average Bonchev–Trinajstić information content (AvgIpc) is 2.30. The fourth-order valence-electron chi connectivity index (χ4n) is 1.99. The van der Waals surface area contributed by atoms with Gasteiger partial charge in [0.2, 0.25) is 11.9 Å². The van der Waals surface area contributed by atoms with Crippen molar-refractivity contribution < 1.29 is 34.8 Å². The number of carboxylic acid groups (broad SMARTS) is 1. The molecule has 1 aliphatic heterocycles. The lowest BCUT2D eigenvalue weighted by Gasteiger charge is -2.28. The van der Waals surface area contributed by atoms with E-state index in [0.29, 0.717) is 0 Å². The number of carbonyl (C=O) groups excluding carboxylic acids is 1. The minimum absolute atomic E-state index is 0.0473. The van der Waals surface area contributed by atoms with Gasteiger partial charge in [0.1, 0.15) is 0 Å². The smallest absolute Gasteiger partial charge is 0.345 e. The number of aliphatic carboxylic acids is 1. The van der Waals surface area contributed by atoms with Gasteiger partial charge in [-0.2, -0.15) is 0 Å². The molecule has 1 aromatic carbocycles. The van der Waals surface area contributed by atoms with Gasteiger partial charge >= 0.3 is 11.9 Å². The lowest BCUT2D eigenvalue weighted by molar-refractivity contribution is -0.148. The van der Waals surface area contributed by atoms with E-state index in [1.807, 2.05) is 0 Å². The number of hydrogen-bond donors (Lipinski definition) is 4. The van der Waals surface area contributed by atoms with Crippen LogP contribution in [0, 0.1) is 0 Å². The Bertz CT molecular complexity index is 549. The monoisotopic (exact) mass is 254 g/mol. The minimum Gasteiger partial charge on any atom is -0.504 e. The summed E-state index contributed by atoms with van der Waals surface area (Å²) in [6.45, 7) is 1.43. The second-order valence-corrected chi connectivity index (χ2v) is 4.01. The van der Waals surface area contributed by atoms with Gasteiger partial charge in [-0.1, -0.05) is 6.92 Å². The van der Waals surface area contributed by atoms with Crippen molar-refractivity contribution in [2.45, 2.75) is 18.9 Å². The van der Waals surface area contributed by atoms with Crippen LogP contribution in [0.4, 0.5) is 0 Å². The number of ether oxygens (including phenoxy) is 1. The van der Waals surface area contributed by atoms with Crippen molar-refractivity contribution in [3.63, 3.8) is 0 Å². The number of rotatable bonds is 1. The molecule has 1 aliphatic rings. The Morgan fingerprint density at radius 2 is 1.89 bits per heavy atom. The third-order valence-corrected chi connectivity index (χ3v) is 2.90. The Morgan fingerprint density at radius 1 is 1.28 bits per heavy atom. The molecule has 4 N–H and O–H groups in total. The second-order valence-electron chi connectivity index (χ2n) is 4.01. The molecule has 96 valence electrons. The first kappa shape index (κ1) is 12.0. The maximum atomic E-state index is 11.6. The standard InChI is InChI=1S/C11H10O7/c1-3-6-4(2-5(12)7(13)8(6)14)11(17)18-9(3)10(15)16/h2-3,9,12-14H,1H3,(H,15,16)/t3-,9-/m0/s1. The molecule has 0 aliphatic carbocycles. The zero-order chi connectivity index (χ0) is 13.6. The molecule has 0 bridgehead atoms. The van der Waals surface area contributed by atoms with Gasteiger partial charge in [0.05, 0.1) is 5.56 Å². The van der Waals surface area contributed by atoms with Gasteiger partial charge in [-0.05, 0) is 6.07 Å². The molecular formula is C11H10O7. The number of phenolic OH excluding ortho intramolecular Hbond substituents is 3. The van der Waals surface area contributed by atoms with Crippen LogP contribution in [0.3, 0.4) is 0 Å². The molecule has 0 saturated heterocycles. The van der Waals surface area contributed by atoms with E-state index in [2.05, 4.69) is 0 Å². The zero-order valence-electron chi connectivity index (χ0n) is 9.25. The average molecular weight is 254 g/mol. The van der Waals surface area contributed by atoms with Crippen LogP contribution in [-0.2, 0) is 9.53 Å². The van der Waals surface area contributed by atoms with E-state index < -0.39 is 41.2 Å². The van der Waals surface area contributed by atoms with Gasteiger partial charge in [-0.25, -0.2) is 9.59 Å². The number of aromatic hydroxyl groups is 3. The highest BCUT2D eigenvalue weighted by molar-refractivity contribution is 5.97. The maximum absolute atomic E-state index is 11.6. The molecule has 7 heteroatoms. The van der Waals surface area contributed by atoms with Crippen molar-refractivity contribution in [2.24, 2.45) is 0 Å². The fourth-order valence-corrected chi connectivity index (χ4v) is 1.99. The number of carbonyl (C=O) groups is 2. The van der Waals surface area contributed by atoms with Crippen molar-refractivity contribution in [3.05, 3.63) is 17.2 Å². The topological polar surface area (TPSA) is 124 Å². The number of carboxylic acids is 1. The molecule has 0 fully saturated rings. The SMILES string of the molecule is C[C@H]1c2c(cc(O)c(O)c2O)C(=O)O[C@@H]1C(=O)O. The van der Waals surface area contributed by atoms with Gasteiger partial charge in [0.15, 0.2) is 11.5 Å². The molecule has 0 radical (unpaired) electrons. The molecule has 2 atom stereocenters. The van der Waals surface area contributed by atoms with Crippen LogP contribution in [0.2, 0.25) is 0 Å². The van der Waals surface area contributed by atoms with Crippen molar-refractivity contribution >= 4 is 11.9 Å². The first-order chi connectivity index (χ1) is 8.34. The highest BCUT2D eigenvalue weighted by atomic mass is 16.6. The minimum atomic E-state index is -1.44. The van der Waals surface area contributed by atoms with Crippen LogP contribution >= 0.6 is 0 Å². The zero-order valence-corrected chi connectivity index (χ0v) is 9.25. The van der Waals surface area contributed by atoms with Crippen molar-refractivity contribution in [1.29, 1.82) is 0 Å². The van der Waals surface area contributed by atoms with Crippen molar-refractivity contribution in [1.82, 2.24) is 0 Å². The Kier molecular flexibility index (Phi) is 2.54. The number of cyclic esters (lactones) is 1. The van der Waals surface area contributed by atoms with Crippen LogP contribution < -0.4 is 0 Å². The van der Waals surface area contributed by atoms with E-state index in [4.69, 9.17) is 9.84 Å². The normalized spacial score (nSPS) is 22.2. The number of benzene rings is 1. The quantitative estimate of drug-likeness (QED) is 0.425. The summed E-state index contributed by atoms with van der Waals surface area (Å²) in [6.07, 6.45) is -1.44. The highest BCUT2D eigenvalue weighted by Gasteiger charge is 2.40. The van der Waals surface area contributed by atoms with Gasteiger partial charge in [0.25, 0.3) is 0 Å². The van der Waals surface area contributed by atoms with E-state index in [-0.39, 0.29) is 11.1 Å². The molecule has 0 amide bonds. The Labute approximate surface area is 101 Å². The number of esters is 1. The van der Waals surface area contributed by atoms with Crippen LogP contribution in [0.15, 0.2) is 6.07 Å². The van der Waals surface area contributed by atoms with E-state index in [1.165, 1.54) is 6.92 Å². The molecule has 0 spiro atoms. The molecule has 18 heavy (non-hydrogen) atoms. The first-order valence-electron chi connectivity index (χ1n) is 5.06. The number of phenols is 3. The second kappa shape index (κ2) is 3.80. The molecule has 1 heterocycles. The third-order valence-electron chi connectivity index (χ3n) is 2.90. The summed E-state index contributed by atoms with van der Waals surface area (Å²) in [4.78, 5) is 22.5. The molecule has 0 saturated carbocycles. The number of hydrogen-bond acceptors (Lipinski definition) is 6. The van der Waals surface area contributed by atoms with E-state index in [0.717, 1.165) is 6.07 Å². The predicted octanol–water partition coefficient (Wildman–Crippen LogP) is 0.530. The summed E-state index contributed by atoms with van der Waals surface area (Å²) in [5.41, 5.74) is -0.207. The van der Waals surface area contributed by atoms with Gasteiger partial charge in [-0.3, -0.25) is 0 Å². The molecule has 2 rings (SSSR count). The summed E-state index contributed by atoms with van der Waals surface area (Å²) in [7, 11) is 0. The molecule has 0 aromatic heterocycles. The summed E-state index contributed by atoms with van der Waals surface area (Å²) in [5.74, 6) is -5.35. The van der Waals surface area contributed by atoms with Crippen LogP contribution in [-0.4, -0.2) is 38.5 Å². The lowest BCUT2D eigenvalue weighted by atomic mass is 9.87. The largest absolute Gasteiger partial charge is 0.504 e. The molecular weight excluding hydrogens is 244 g/mol. The van der Waals surface area contributed by atoms with Crippen LogP contribution in [0.1, 0.15) is 28.8 Å². The van der Waals surface area contributed by atoms with Crippen LogP contribution in [0.5, 0.6) is 17.2 Å². The Morgan fingerprint density at radius 3 is 2.44 bits per heavy atom. The molecule has 1 aromatic rings. The molecule has 0 unspecified atom stereocenters. The summed E-state index contributed by atoms with van der Waals surface area (Å²) < 4.78 is 4.69. The van der Waals surface area contributed by atoms with Crippen LogP contribution in [0.25, 0.3) is 0 Å². The maximum Gasteiger partial charge on any atom is 0.345 e. The predicted molar refractivity (Wildman–Crippen MR) is 56.7 cm³/mol.